The lowest BCUT2D eigenvalue weighted by Gasteiger charge is -2.20. The van der Waals surface area contributed by atoms with Crippen LogP contribution < -0.4 is 10.6 Å². The summed E-state index contributed by atoms with van der Waals surface area (Å²) >= 11 is 5.93. The van der Waals surface area contributed by atoms with Crippen LogP contribution in [0.3, 0.4) is 0 Å². The molecule has 28 heavy (non-hydrogen) atoms. The lowest BCUT2D eigenvalue weighted by atomic mass is 9.96. The van der Waals surface area contributed by atoms with Crippen molar-refractivity contribution in [2.45, 2.75) is 38.3 Å². The summed E-state index contributed by atoms with van der Waals surface area (Å²) in [5.41, 5.74) is -0.146. The summed E-state index contributed by atoms with van der Waals surface area (Å²) < 4.78 is 4.92. The monoisotopic (exact) mass is 407 g/mol. The van der Waals surface area contributed by atoms with E-state index in [4.69, 9.17) is 16.3 Å². The Labute approximate surface area is 167 Å². The Kier molecular flexibility index (Phi) is 5.60. The fourth-order valence-electron chi connectivity index (χ4n) is 3.26. The average molecular weight is 408 g/mol. The molecule has 0 radical (unpaired) electrons. The van der Waals surface area contributed by atoms with E-state index in [1.165, 1.54) is 0 Å². The lowest BCUT2D eigenvalue weighted by molar-refractivity contribution is -0.151. The van der Waals surface area contributed by atoms with Gasteiger partial charge in [0.15, 0.2) is 6.61 Å². The second-order valence-electron chi connectivity index (χ2n) is 7.30. The van der Waals surface area contributed by atoms with Crippen molar-refractivity contribution >= 4 is 35.4 Å². The number of benzene rings is 1. The van der Waals surface area contributed by atoms with Gasteiger partial charge in [-0.3, -0.25) is 19.3 Å². The van der Waals surface area contributed by atoms with E-state index in [0.29, 0.717) is 5.02 Å². The van der Waals surface area contributed by atoms with Gasteiger partial charge in [-0.25, -0.2) is 4.79 Å². The largest absolute Gasteiger partial charge is 0.454 e. The van der Waals surface area contributed by atoms with Crippen molar-refractivity contribution in [2.75, 3.05) is 13.2 Å². The molecular weight excluding hydrogens is 386 g/mol. The highest BCUT2D eigenvalue weighted by atomic mass is 35.5. The van der Waals surface area contributed by atoms with E-state index in [-0.39, 0.29) is 12.0 Å². The Morgan fingerprint density at radius 1 is 1.39 bits per heavy atom. The van der Waals surface area contributed by atoms with E-state index in [1.54, 1.807) is 32.0 Å². The standard InChI is InChI=1S/C19H22ClN3O5/c1-11(12-4-3-5-14(20)8-12)21-15(24)10-28-16(25)9-23-17(26)19(2,13-6-7-13)22-18(23)27/h3-5,8,11,13H,6-7,9-10H2,1-2H3,(H,21,24)(H,22,27)/t11-,19+/m0/s1. The summed E-state index contributed by atoms with van der Waals surface area (Å²) in [6.45, 7) is 2.41. The average Bonchev–Trinajstić information content (AvgIpc) is 3.46. The molecule has 8 nitrogen and oxygen atoms in total. The third kappa shape index (κ3) is 4.27. The summed E-state index contributed by atoms with van der Waals surface area (Å²) in [6.07, 6.45) is 1.73. The van der Waals surface area contributed by atoms with E-state index in [1.807, 2.05) is 6.07 Å². The van der Waals surface area contributed by atoms with Crippen molar-refractivity contribution < 1.29 is 23.9 Å². The lowest BCUT2D eigenvalue weighted by Crippen LogP contribution is -2.46. The number of hydrogen-bond acceptors (Lipinski definition) is 5. The van der Waals surface area contributed by atoms with Gasteiger partial charge >= 0.3 is 12.0 Å². The normalized spacial score (nSPS) is 22.6. The van der Waals surface area contributed by atoms with Gasteiger partial charge < -0.3 is 15.4 Å². The minimum Gasteiger partial charge on any atom is -0.454 e. The second-order valence-corrected chi connectivity index (χ2v) is 7.74. The fraction of sp³-hybridized carbons (Fsp3) is 0.474. The maximum absolute atomic E-state index is 12.5. The number of carbonyl (C=O) groups is 4. The van der Waals surface area contributed by atoms with Gasteiger partial charge in [0.05, 0.1) is 6.04 Å². The van der Waals surface area contributed by atoms with Crippen molar-refractivity contribution in [1.29, 1.82) is 0 Å². The summed E-state index contributed by atoms with van der Waals surface area (Å²) in [5.74, 6) is -1.66. The molecular formula is C19H22ClN3O5. The second kappa shape index (κ2) is 7.79. The number of rotatable bonds is 7. The molecule has 2 N–H and O–H groups in total. The van der Waals surface area contributed by atoms with Crippen molar-refractivity contribution in [3.05, 3.63) is 34.9 Å². The molecule has 1 aromatic carbocycles. The first-order valence-electron chi connectivity index (χ1n) is 9.05. The van der Waals surface area contributed by atoms with E-state index in [9.17, 15) is 19.2 Å². The Balaban J connectivity index is 1.47. The molecule has 150 valence electrons. The van der Waals surface area contributed by atoms with Crippen molar-refractivity contribution in [3.8, 4) is 0 Å². The highest BCUT2D eigenvalue weighted by Crippen LogP contribution is 2.42. The molecule has 1 aromatic rings. The van der Waals surface area contributed by atoms with Gasteiger partial charge in [-0.05, 0) is 50.3 Å². The number of amides is 4. The molecule has 2 atom stereocenters. The summed E-state index contributed by atoms with van der Waals surface area (Å²) in [4.78, 5) is 49.3. The number of urea groups is 1. The molecule has 0 aromatic heterocycles. The third-order valence-electron chi connectivity index (χ3n) is 5.07. The predicted octanol–water partition coefficient (Wildman–Crippen LogP) is 1.78. The number of esters is 1. The maximum atomic E-state index is 12.5. The van der Waals surface area contributed by atoms with Crippen LogP contribution in [0.4, 0.5) is 4.79 Å². The number of carbonyl (C=O) groups excluding carboxylic acids is 4. The minimum atomic E-state index is -0.957. The van der Waals surface area contributed by atoms with Crippen LogP contribution in [-0.2, 0) is 19.1 Å². The SMILES string of the molecule is C[C@H](NC(=O)COC(=O)CN1C(=O)N[C@](C)(C2CC2)C1=O)c1cccc(Cl)c1. The number of hydrogen-bond donors (Lipinski definition) is 2. The van der Waals surface area contributed by atoms with Crippen LogP contribution in [0.5, 0.6) is 0 Å². The fourth-order valence-corrected chi connectivity index (χ4v) is 3.46. The van der Waals surface area contributed by atoms with Gasteiger partial charge in [0.25, 0.3) is 11.8 Å². The minimum absolute atomic E-state index is 0.101. The van der Waals surface area contributed by atoms with Crippen LogP contribution in [0.2, 0.25) is 5.02 Å². The zero-order valence-corrected chi connectivity index (χ0v) is 16.4. The quantitative estimate of drug-likeness (QED) is 0.529. The van der Waals surface area contributed by atoms with Crippen molar-refractivity contribution in [2.24, 2.45) is 5.92 Å². The van der Waals surface area contributed by atoms with E-state index >= 15 is 0 Å². The molecule has 1 aliphatic carbocycles. The van der Waals surface area contributed by atoms with Gasteiger partial charge in [-0.1, -0.05) is 23.7 Å². The number of ether oxygens (including phenoxy) is 1. The number of imide groups is 1. The topological polar surface area (TPSA) is 105 Å². The first-order valence-corrected chi connectivity index (χ1v) is 9.43. The zero-order chi connectivity index (χ0) is 20.5. The highest BCUT2D eigenvalue weighted by Gasteiger charge is 2.56. The Morgan fingerprint density at radius 3 is 2.75 bits per heavy atom. The van der Waals surface area contributed by atoms with Crippen molar-refractivity contribution in [1.82, 2.24) is 15.5 Å². The summed E-state index contributed by atoms with van der Waals surface area (Å²) in [5, 5.41) is 5.89. The molecule has 1 heterocycles. The van der Waals surface area contributed by atoms with Gasteiger partial charge in [0, 0.05) is 5.02 Å². The predicted molar refractivity (Wildman–Crippen MR) is 100 cm³/mol. The molecule has 0 bridgehead atoms. The Hall–Kier alpha value is -2.61. The van der Waals surface area contributed by atoms with Crippen LogP contribution in [0.15, 0.2) is 24.3 Å². The van der Waals surface area contributed by atoms with Crippen molar-refractivity contribution in [3.63, 3.8) is 0 Å². The Morgan fingerprint density at radius 2 is 2.11 bits per heavy atom. The highest BCUT2D eigenvalue weighted by molar-refractivity contribution is 6.30. The number of halogens is 1. The van der Waals surface area contributed by atoms with Crippen LogP contribution in [0.25, 0.3) is 0 Å². The van der Waals surface area contributed by atoms with Gasteiger partial charge in [-0.2, -0.15) is 0 Å². The molecule has 4 amide bonds. The number of nitrogens with zero attached hydrogens (tertiary/aromatic N) is 1. The van der Waals surface area contributed by atoms with Crippen LogP contribution in [0.1, 0.15) is 38.3 Å². The molecule has 9 heteroatoms. The molecule has 1 aliphatic heterocycles. The zero-order valence-electron chi connectivity index (χ0n) is 15.7. The summed E-state index contributed by atoms with van der Waals surface area (Å²) in [7, 11) is 0. The van der Waals surface area contributed by atoms with Crippen LogP contribution >= 0.6 is 11.6 Å². The Bertz CT molecular complexity index is 826. The van der Waals surface area contributed by atoms with Gasteiger partial charge in [-0.15, -0.1) is 0 Å². The first-order chi connectivity index (χ1) is 13.2. The van der Waals surface area contributed by atoms with E-state index in [2.05, 4.69) is 10.6 Å². The molecule has 1 saturated heterocycles. The smallest absolute Gasteiger partial charge is 0.326 e. The maximum Gasteiger partial charge on any atom is 0.326 e. The first kappa shape index (κ1) is 20.1. The van der Waals surface area contributed by atoms with Gasteiger partial charge in [0.2, 0.25) is 0 Å². The molecule has 2 fully saturated rings. The molecule has 0 spiro atoms. The molecule has 0 unspecified atom stereocenters. The molecule has 2 aliphatic rings. The molecule has 1 saturated carbocycles. The van der Waals surface area contributed by atoms with Crippen LogP contribution in [0, 0.1) is 5.92 Å². The van der Waals surface area contributed by atoms with E-state index in [0.717, 1.165) is 23.3 Å². The van der Waals surface area contributed by atoms with Crippen LogP contribution in [-0.4, -0.2) is 47.4 Å². The third-order valence-corrected chi connectivity index (χ3v) is 5.31. The molecule has 3 rings (SSSR count). The number of nitrogens with one attached hydrogen (secondary N) is 2. The summed E-state index contributed by atoms with van der Waals surface area (Å²) in [6, 6.07) is 6.11. The van der Waals surface area contributed by atoms with Gasteiger partial charge in [0.1, 0.15) is 12.1 Å². The van der Waals surface area contributed by atoms with E-state index < -0.39 is 42.5 Å².